The first-order valence-corrected chi connectivity index (χ1v) is 8.19. The first kappa shape index (κ1) is 14.2. The van der Waals surface area contributed by atoms with Crippen LogP contribution < -0.4 is 10.0 Å². The number of hydrogen-bond donors (Lipinski definition) is 2. The van der Waals surface area contributed by atoms with Crippen LogP contribution in [0.2, 0.25) is 0 Å². The minimum atomic E-state index is -3.64. The van der Waals surface area contributed by atoms with Crippen LogP contribution in [0.4, 0.5) is 0 Å². The highest BCUT2D eigenvalue weighted by Crippen LogP contribution is 2.19. The molecule has 2 aromatic rings. The van der Waals surface area contributed by atoms with Gasteiger partial charge in [0.1, 0.15) is 6.26 Å². The smallest absolute Gasteiger partial charge is 0.258 e. The van der Waals surface area contributed by atoms with Crippen LogP contribution in [0, 0.1) is 0 Å². The van der Waals surface area contributed by atoms with Crippen LogP contribution in [0.1, 0.15) is 24.1 Å². The fourth-order valence-electron chi connectivity index (χ4n) is 1.80. The number of rotatable bonds is 7. The zero-order valence-corrected chi connectivity index (χ0v) is 12.1. The average Bonchev–Trinajstić information content (AvgIpc) is 3.17. The van der Waals surface area contributed by atoms with E-state index >= 15 is 0 Å². The Morgan fingerprint density at radius 1 is 1.24 bits per heavy atom. The lowest BCUT2D eigenvalue weighted by Gasteiger charge is -2.06. The van der Waals surface area contributed by atoms with Crippen molar-refractivity contribution in [3.63, 3.8) is 0 Å². The molecule has 0 aliphatic heterocycles. The average molecular weight is 308 g/mol. The van der Waals surface area contributed by atoms with E-state index in [4.69, 9.17) is 0 Å². The second-order valence-corrected chi connectivity index (χ2v) is 6.69. The van der Waals surface area contributed by atoms with Crippen LogP contribution in [-0.4, -0.2) is 24.6 Å². The molecular weight excluding hydrogens is 292 g/mol. The predicted octanol–water partition coefficient (Wildman–Crippen LogP) is 0.800. The maximum Gasteiger partial charge on any atom is 0.258 e. The van der Waals surface area contributed by atoms with Crippen LogP contribution in [-0.2, 0) is 23.1 Å². The molecule has 112 valence electrons. The molecule has 1 saturated carbocycles. The topological polar surface area (TPSA) is 97.1 Å². The van der Waals surface area contributed by atoms with E-state index in [-0.39, 0.29) is 11.6 Å². The Morgan fingerprint density at radius 3 is 2.71 bits per heavy atom. The summed E-state index contributed by atoms with van der Waals surface area (Å²) in [4.78, 5) is 4.01. The maximum absolute atomic E-state index is 12.1. The molecule has 0 radical (unpaired) electrons. The van der Waals surface area contributed by atoms with Crippen LogP contribution in [0.15, 0.2) is 40.2 Å². The van der Waals surface area contributed by atoms with E-state index < -0.39 is 10.0 Å². The summed E-state index contributed by atoms with van der Waals surface area (Å²) in [5.41, 5.74) is 1.49. The third-order valence-corrected chi connectivity index (χ3v) is 4.50. The number of aromatic nitrogens is 2. The van der Waals surface area contributed by atoms with Gasteiger partial charge in [0.15, 0.2) is 5.03 Å². The van der Waals surface area contributed by atoms with Gasteiger partial charge in [0.25, 0.3) is 10.0 Å². The highest BCUT2D eigenvalue weighted by Gasteiger charge is 2.20. The summed E-state index contributed by atoms with van der Waals surface area (Å²) < 4.78 is 31.2. The molecular formula is C13H16N4O3S. The van der Waals surface area contributed by atoms with Gasteiger partial charge in [-0.2, -0.15) is 0 Å². The van der Waals surface area contributed by atoms with Crippen molar-refractivity contribution in [3.8, 4) is 0 Å². The monoisotopic (exact) mass is 308 g/mol. The summed E-state index contributed by atoms with van der Waals surface area (Å²) >= 11 is 0. The normalized spacial score (nSPS) is 15.2. The van der Waals surface area contributed by atoms with E-state index in [0.29, 0.717) is 18.3 Å². The minimum Gasteiger partial charge on any atom is -0.364 e. The zero-order valence-electron chi connectivity index (χ0n) is 11.3. The number of nitrogens with one attached hydrogen (secondary N) is 2. The summed E-state index contributed by atoms with van der Waals surface area (Å²) in [7, 11) is -3.64. The van der Waals surface area contributed by atoms with Gasteiger partial charge in [0, 0.05) is 24.8 Å². The first-order chi connectivity index (χ1) is 10.1. The first-order valence-electron chi connectivity index (χ1n) is 6.71. The SMILES string of the molecule is O=S(=O)(NCc1ccon1)c1ccc(CNC2CC2)cn1. The third kappa shape index (κ3) is 3.87. The molecule has 8 heteroatoms. The molecule has 1 aliphatic carbocycles. The molecule has 2 heterocycles. The molecule has 0 unspecified atom stereocenters. The number of hydrogen-bond acceptors (Lipinski definition) is 6. The van der Waals surface area contributed by atoms with Crippen molar-refractivity contribution in [1.29, 1.82) is 0 Å². The highest BCUT2D eigenvalue weighted by molar-refractivity contribution is 7.89. The van der Waals surface area contributed by atoms with E-state index in [1.807, 2.05) is 0 Å². The summed E-state index contributed by atoms with van der Waals surface area (Å²) in [6.07, 6.45) is 5.40. The molecule has 2 aromatic heterocycles. The van der Waals surface area contributed by atoms with Crippen LogP contribution in [0.3, 0.4) is 0 Å². The Balaban J connectivity index is 1.61. The summed E-state index contributed by atoms with van der Waals surface area (Å²) in [5, 5.41) is 7.00. The van der Waals surface area contributed by atoms with E-state index in [0.717, 1.165) is 5.56 Å². The summed E-state index contributed by atoms with van der Waals surface area (Å²) in [6, 6.07) is 5.49. The van der Waals surface area contributed by atoms with E-state index in [9.17, 15) is 8.42 Å². The number of sulfonamides is 1. The predicted molar refractivity (Wildman–Crippen MR) is 74.6 cm³/mol. The quantitative estimate of drug-likeness (QED) is 0.785. The van der Waals surface area contributed by atoms with Gasteiger partial charge >= 0.3 is 0 Å². The molecule has 0 amide bonds. The van der Waals surface area contributed by atoms with Gasteiger partial charge in [0.05, 0.1) is 12.2 Å². The molecule has 2 N–H and O–H groups in total. The van der Waals surface area contributed by atoms with Crippen molar-refractivity contribution in [1.82, 2.24) is 20.2 Å². The Morgan fingerprint density at radius 2 is 2.10 bits per heavy atom. The van der Waals surface area contributed by atoms with Crippen molar-refractivity contribution in [2.24, 2.45) is 0 Å². The Hall–Kier alpha value is -1.77. The molecule has 7 nitrogen and oxygen atoms in total. The standard InChI is InChI=1S/C13H16N4O3S/c18-21(19,16-9-12-5-6-20-17-12)13-4-1-10(8-15-13)7-14-11-2-3-11/h1,4-6,8,11,14,16H,2-3,7,9H2. The largest absolute Gasteiger partial charge is 0.364 e. The Labute approximate surface area is 122 Å². The molecule has 0 bridgehead atoms. The molecule has 0 spiro atoms. The fraction of sp³-hybridized carbons (Fsp3) is 0.385. The van der Waals surface area contributed by atoms with Gasteiger partial charge < -0.3 is 9.84 Å². The molecule has 21 heavy (non-hydrogen) atoms. The second kappa shape index (κ2) is 5.92. The molecule has 0 aromatic carbocycles. The maximum atomic E-state index is 12.1. The Bertz CT molecular complexity index is 679. The summed E-state index contributed by atoms with van der Waals surface area (Å²) in [5.74, 6) is 0. The van der Waals surface area contributed by atoms with E-state index in [1.54, 1.807) is 18.3 Å². The van der Waals surface area contributed by atoms with E-state index in [2.05, 4.69) is 24.7 Å². The number of nitrogens with zero attached hydrogens (tertiary/aromatic N) is 2. The van der Waals surface area contributed by atoms with Gasteiger partial charge in [0.2, 0.25) is 0 Å². The highest BCUT2D eigenvalue weighted by atomic mass is 32.2. The lowest BCUT2D eigenvalue weighted by molar-refractivity contribution is 0.411. The van der Waals surface area contributed by atoms with Gasteiger partial charge in [-0.1, -0.05) is 11.2 Å². The van der Waals surface area contributed by atoms with Crippen molar-refractivity contribution >= 4 is 10.0 Å². The Kier molecular flexibility index (Phi) is 4.00. The molecule has 0 atom stereocenters. The molecule has 1 aliphatic rings. The van der Waals surface area contributed by atoms with Crippen molar-refractivity contribution in [2.45, 2.75) is 37.0 Å². The molecule has 3 rings (SSSR count). The summed E-state index contributed by atoms with van der Waals surface area (Å²) in [6.45, 7) is 0.788. The third-order valence-electron chi connectivity index (χ3n) is 3.18. The number of pyridine rings is 1. The van der Waals surface area contributed by atoms with Gasteiger partial charge in [-0.15, -0.1) is 0 Å². The van der Waals surface area contributed by atoms with Gasteiger partial charge in [-0.25, -0.2) is 18.1 Å². The van der Waals surface area contributed by atoms with Gasteiger partial charge in [-0.05, 0) is 24.5 Å². The minimum absolute atomic E-state index is 0.00108. The lowest BCUT2D eigenvalue weighted by Crippen LogP contribution is -2.24. The van der Waals surface area contributed by atoms with Crippen LogP contribution >= 0.6 is 0 Å². The molecule has 1 fully saturated rings. The lowest BCUT2D eigenvalue weighted by atomic mass is 10.3. The van der Waals surface area contributed by atoms with E-state index in [1.165, 1.54) is 25.2 Å². The van der Waals surface area contributed by atoms with Crippen molar-refractivity contribution in [3.05, 3.63) is 41.9 Å². The fourth-order valence-corrected chi connectivity index (χ4v) is 2.72. The van der Waals surface area contributed by atoms with Crippen molar-refractivity contribution in [2.75, 3.05) is 0 Å². The molecule has 0 saturated heterocycles. The van der Waals surface area contributed by atoms with Crippen LogP contribution in [0.5, 0.6) is 0 Å². The van der Waals surface area contributed by atoms with Crippen molar-refractivity contribution < 1.29 is 12.9 Å². The second-order valence-electron chi connectivity index (χ2n) is 4.98. The zero-order chi connectivity index (χ0) is 14.7. The van der Waals surface area contributed by atoms with Gasteiger partial charge in [-0.3, -0.25) is 0 Å². The van der Waals surface area contributed by atoms with Crippen LogP contribution in [0.25, 0.3) is 0 Å².